The third-order valence-corrected chi connectivity index (χ3v) is 4.74. The van der Waals surface area contributed by atoms with E-state index in [-0.39, 0.29) is 12.0 Å². The summed E-state index contributed by atoms with van der Waals surface area (Å²) >= 11 is 0. The van der Waals surface area contributed by atoms with E-state index in [9.17, 15) is 10.2 Å². The van der Waals surface area contributed by atoms with Crippen LogP contribution >= 0.6 is 0 Å². The minimum atomic E-state index is -0.648. The summed E-state index contributed by atoms with van der Waals surface area (Å²) in [6.45, 7) is 6.08. The summed E-state index contributed by atoms with van der Waals surface area (Å²) in [5, 5.41) is 21.4. The number of β-amino-alcohol motifs (C(OH)–C–C–N with tert-alkyl or cyclic N) is 1. The Hall–Kier alpha value is -1.49. The molecular formula is C19H26N2O2. The topological polar surface area (TPSA) is 56.6 Å². The molecule has 0 radical (unpaired) electrons. The van der Waals surface area contributed by atoms with Crippen LogP contribution in [0.1, 0.15) is 25.8 Å². The number of fused-ring (bicyclic) bond motifs is 1. The molecule has 124 valence electrons. The van der Waals surface area contributed by atoms with Gasteiger partial charge in [0.2, 0.25) is 0 Å². The van der Waals surface area contributed by atoms with Crippen molar-refractivity contribution in [2.75, 3.05) is 19.6 Å². The molecule has 0 spiro atoms. The highest BCUT2D eigenvalue weighted by molar-refractivity contribution is 5.81. The van der Waals surface area contributed by atoms with Gasteiger partial charge in [0.1, 0.15) is 0 Å². The highest BCUT2D eigenvalue weighted by Gasteiger charge is 2.32. The first-order valence-corrected chi connectivity index (χ1v) is 8.38. The van der Waals surface area contributed by atoms with Gasteiger partial charge in [0.25, 0.3) is 0 Å². The number of hydrogen-bond donors (Lipinski definition) is 2. The molecule has 0 bridgehead atoms. The molecule has 2 N–H and O–H groups in total. The summed E-state index contributed by atoms with van der Waals surface area (Å²) in [7, 11) is 0. The molecular weight excluding hydrogens is 288 g/mol. The summed E-state index contributed by atoms with van der Waals surface area (Å²) in [5.41, 5.74) is 1.62. The molecule has 4 heteroatoms. The Balaban J connectivity index is 1.68. The number of aliphatic hydroxyl groups is 2. The fourth-order valence-electron chi connectivity index (χ4n) is 3.37. The van der Waals surface area contributed by atoms with Crippen LogP contribution in [-0.4, -0.2) is 51.4 Å². The van der Waals surface area contributed by atoms with E-state index < -0.39 is 5.60 Å². The molecule has 2 heterocycles. The first kappa shape index (κ1) is 16.4. The van der Waals surface area contributed by atoms with Crippen LogP contribution in [0.15, 0.2) is 36.5 Å². The summed E-state index contributed by atoms with van der Waals surface area (Å²) in [4.78, 5) is 6.67. The lowest BCUT2D eigenvalue weighted by Crippen LogP contribution is -2.30. The van der Waals surface area contributed by atoms with E-state index in [1.165, 1.54) is 10.9 Å². The third kappa shape index (κ3) is 4.08. The molecule has 0 unspecified atom stereocenters. The number of benzene rings is 1. The predicted octanol–water partition coefficient (Wildman–Crippen LogP) is 2.23. The highest BCUT2D eigenvalue weighted by Crippen LogP contribution is 2.26. The zero-order valence-electron chi connectivity index (χ0n) is 13.9. The molecule has 2 atom stereocenters. The van der Waals surface area contributed by atoms with Gasteiger partial charge in [-0.1, -0.05) is 18.2 Å². The zero-order valence-corrected chi connectivity index (χ0v) is 13.9. The number of nitrogens with zero attached hydrogens (tertiary/aromatic N) is 2. The molecule has 1 aromatic heterocycles. The van der Waals surface area contributed by atoms with Crippen LogP contribution in [0.2, 0.25) is 0 Å². The molecule has 1 fully saturated rings. The summed E-state index contributed by atoms with van der Waals surface area (Å²) in [6, 6.07) is 10.2. The first-order valence-electron chi connectivity index (χ1n) is 8.38. The summed E-state index contributed by atoms with van der Waals surface area (Å²) < 4.78 is 0. The van der Waals surface area contributed by atoms with Crippen molar-refractivity contribution in [3.05, 3.63) is 42.1 Å². The van der Waals surface area contributed by atoms with Gasteiger partial charge < -0.3 is 15.1 Å². The monoisotopic (exact) mass is 314 g/mol. The molecule has 2 aromatic rings. The number of pyridine rings is 1. The maximum absolute atomic E-state index is 10.4. The van der Waals surface area contributed by atoms with Crippen molar-refractivity contribution < 1.29 is 10.2 Å². The van der Waals surface area contributed by atoms with Crippen LogP contribution in [0.4, 0.5) is 0 Å². The second kappa shape index (κ2) is 6.56. The Kier molecular flexibility index (Phi) is 4.67. The average molecular weight is 314 g/mol. The van der Waals surface area contributed by atoms with Crippen LogP contribution in [-0.2, 0) is 6.42 Å². The standard InChI is InChI=1S/C19H26N2O2/c1-19(2,23)8-10-21-12-15(18(22)13-21)11-14-7-9-20-17-6-4-3-5-16(14)17/h3-7,9,15,18,22-23H,8,10-13H2,1-2H3/t15-,18-/m1/s1. The molecule has 1 aliphatic heterocycles. The molecule has 0 saturated carbocycles. The maximum Gasteiger partial charge on any atom is 0.0710 e. The molecule has 0 aliphatic carbocycles. The molecule has 1 aliphatic rings. The normalized spacial score (nSPS) is 22.8. The summed E-state index contributed by atoms with van der Waals surface area (Å²) in [6.07, 6.45) is 3.14. The van der Waals surface area contributed by atoms with Gasteiger partial charge >= 0.3 is 0 Å². The quantitative estimate of drug-likeness (QED) is 0.888. The van der Waals surface area contributed by atoms with Crippen molar-refractivity contribution in [2.45, 2.75) is 38.4 Å². The highest BCUT2D eigenvalue weighted by atomic mass is 16.3. The van der Waals surface area contributed by atoms with Gasteiger partial charge in [0, 0.05) is 37.1 Å². The van der Waals surface area contributed by atoms with Gasteiger partial charge in [-0.05, 0) is 44.4 Å². The fourth-order valence-corrected chi connectivity index (χ4v) is 3.37. The Bertz CT molecular complexity index is 660. The van der Waals surface area contributed by atoms with Crippen LogP contribution in [0.5, 0.6) is 0 Å². The van der Waals surface area contributed by atoms with Crippen molar-refractivity contribution >= 4 is 10.9 Å². The Labute approximate surface area is 137 Å². The van der Waals surface area contributed by atoms with Gasteiger partial charge in [0.05, 0.1) is 17.2 Å². The minimum absolute atomic E-state index is 0.239. The number of rotatable bonds is 5. The van der Waals surface area contributed by atoms with Gasteiger partial charge in [0.15, 0.2) is 0 Å². The number of hydrogen-bond acceptors (Lipinski definition) is 4. The molecule has 4 nitrogen and oxygen atoms in total. The van der Waals surface area contributed by atoms with Crippen LogP contribution in [0, 0.1) is 5.92 Å². The minimum Gasteiger partial charge on any atom is -0.391 e. The summed E-state index contributed by atoms with van der Waals surface area (Å²) in [5.74, 6) is 0.239. The lowest BCUT2D eigenvalue weighted by Gasteiger charge is -2.22. The smallest absolute Gasteiger partial charge is 0.0710 e. The number of aromatic nitrogens is 1. The first-order chi connectivity index (χ1) is 10.9. The van der Waals surface area contributed by atoms with E-state index in [4.69, 9.17) is 0 Å². The lowest BCUT2D eigenvalue weighted by molar-refractivity contribution is 0.0586. The molecule has 0 amide bonds. The van der Waals surface area contributed by atoms with Crippen molar-refractivity contribution in [1.82, 2.24) is 9.88 Å². The second-order valence-corrected chi connectivity index (χ2v) is 7.34. The Morgan fingerprint density at radius 2 is 2.00 bits per heavy atom. The van der Waals surface area contributed by atoms with Crippen molar-refractivity contribution in [1.29, 1.82) is 0 Å². The predicted molar refractivity (Wildman–Crippen MR) is 92.3 cm³/mol. The van der Waals surface area contributed by atoms with E-state index in [0.717, 1.165) is 31.4 Å². The van der Waals surface area contributed by atoms with E-state index in [1.54, 1.807) is 0 Å². The number of aliphatic hydroxyl groups excluding tert-OH is 1. The SMILES string of the molecule is CC(C)(O)CCN1C[C@@H](Cc2ccnc3ccccc23)[C@H](O)C1. The van der Waals surface area contributed by atoms with Gasteiger partial charge in [-0.3, -0.25) is 4.98 Å². The van der Waals surface area contributed by atoms with Crippen LogP contribution in [0.3, 0.4) is 0 Å². The van der Waals surface area contributed by atoms with Gasteiger partial charge in [-0.25, -0.2) is 0 Å². The molecule has 1 saturated heterocycles. The van der Waals surface area contributed by atoms with E-state index in [2.05, 4.69) is 22.0 Å². The Morgan fingerprint density at radius 3 is 2.78 bits per heavy atom. The molecule has 23 heavy (non-hydrogen) atoms. The van der Waals surface area contributed by atoms with E-state index in [0.29, 0.717) is 6.54 Å². The third-order valence-electron chi connectivity index (χ3n) is 4.74. The van der Waals surface area contributed by atoms with Crippen molar-refractivity contribution in [3.8, 4) is 0 Å². The average Bonchev–Trinajstić information content (AvgIpc) is 2.85. The molecule has 1 aromatic carbocycles. The second-order valence-electron chi connectivity index (χ2n) is 7.34. The van der Waals surface area contributed by atoms with E-state index >= 15 is 0 Å². The maximum atomic E-state index is 10.4. The van der Waals surface area contributed by atoms with Crippen molar-refractivity contribution in [2.24, 2.45) is 5.92 Å². The van der Waals surface area contributed by atoms with Crippen LogP contribution < -0.4 is 0 Å². The Morgan fingerprint density at radius 1 is 1.22 bits per heavy atom. The zero-order chi connectivity index (χ0) is 16.4. The van der Waals surface area contributed by atoms with Crippen molar-refractivity contribution in [3.63, 3.8) is 0 Å². The van der Waals surface area contributed by atoms with Crippen LogP contribution in [0.25, 0.3) is 10.9 Å². The number of likely N-dealkylation sites (tertiary alicyclic amines) is 1. The largest absolute Gasteiger partial charge is 0.391 e. The van der Waals surface area contributed by atoms with E-state index in [1.807, 2.05) is 38.2 Å². The van der Waals surface area contributed by atoms with Gasteiger partial charge in [-0.15, -0.1) is 0 Å². The fraction of sp³-hybridized carbons (Fsp3) is 0.526. The van der Waals surface area contributed by atoms with Gasteiger partial charge in [-0.2, -0.15) is 0 Å². The molecule has 3 rings (SSSR count). The number of para-hydroxylation sites is 1. The lowest BCUT2D eigenvalue weighted by atomic mass is 9.94.